The van der Waals surface area contributed by atoms with Crippen molar-refractivity contribution in [3.05, 3.63) is 50.7 Å². The number of hydrogen-bond acceptors (Lipinski definition) is 5. The van der Waals surface area contributed by atoms with E-state index in [2.05, 4.69) is 21.0 Å². The van der Waals surface area contributed by atoms with Crippen LogP contribution in [0.3, 0.4) is 0 Å². The Labute approximate surface area is 135 Å². The van der Waals surface area contributed by atoms with Gasteiger partial charge in [-0.2, -0.15) is 9.40 Å². The van der Waals surface area contributed by atoms with Gasteiger partial charge in [-0.3, -0.25) is 14.8 Å². The molecule has 10 heteroatoms. The van der Waals surface area contributed by atoms with Gasteiger partial charge < -0.3 is 0 Å². The minimum Gasteiger partial charge on any atom is -0.275 e. The van der Waals surface area contributed by atoms with E-state index in [-0.39, 0.29) is 11.4 Å². The lowest BCUT2D eigenvalue weighted by Crippen LogP contribution is -2.27. The third kappa shape index (κ3) is 3.34. The van der Waals surface area contributed by atoms with E-state index in [1.807, 2.05) is 0 Å². The summed E-state index contributed by atoms with van der Waals surface area (Å²) in [5, 5.41) is 15.0. The molecule has 0 saturated carbocycles. The zero-order chi connectivity index (χ0) is 16.5. The van der Waals surface area contributed by atoms with Gasteiger partial charge in [-0.1, -0.05) is 15.9 Å². The molecule has 2 rings (SSSR count). The first-order valence-corrected chi connectivity index (χ1v) is 8.33. The summed E-state index contributed by atoms with van der Waals surface area (Å²) in [6.45, 7) is 0.0693. The van der Waals surface area contributed by atoms with Crippen LogP contribution >= 0.6 is 15.9 Å². The summed E-state index contributed by atoms with van der Waals surface area (Å²) in [6.07, 6.45) is 3.22. The summed E-state index contributed by atoms with van der Waals surface area (Å²) in [5.74, 6) is 0. The Hall–Kier alpha value is -1.78. The maximum Gasteiger partial charge on any atom is 0.289 e. The minimum atomic E-state index is -4.00. The Morgan fingerprint density at radius 2 is 2.14 bits per heavy atom. The van der Waals surface area contributed by atoms with Crippen LogP contribution in [-0.4, -0.2) is 34.5 Å². The Morgan fingerprint density at radius 1 is 1.45 bits per heavy atom. The fourth-order valence-electron chi connectivity index (χ4n) is 1.91. The van der Waals surface area contributed by atoms with Crippen molar-refractivity contribution in [2.24, 2.45) is 7.05 Å². The Kier molecular flexibility index (Phi) is 4.63. The Balaban J connectivity index is 2.41. The van der Waals surface area contributed by atoms with Gasteiger partial charge in [0.05, 0.1) is 11.1 Å². The molecule has 0 bridgehead atoms. The minimum absolute atomic E-state index is 0.0693. The number of sulfonamides is 1. The first-order chi connectivity index (χ1) is 10.2. The quantitative estimate of drug-likeness (QED) is 0.575. The predicted molar refractivity (Wildman–Crippen MR) is 82.7 cm³/mol. The highest BCUT2D eigenvalue weighted by Crippen LogP contribution is 2.29. The molecular formula is C12H13BrN4O4S. The van der Waals surface area contributed by atoms with Crippen molar-refractivity contribution in [3.8, 4) is 0 Å². The lowest BCUT2D eigenvalue weighted by atomic mass is 10.3. The van der Waals surface area contributed by atoms with Crippen molar-refractivity contribution in [2.45, 2.75) is 11.4 Å². The van der Waals surface area contributed by atoms with Crippen molar-refractivity contribution in [2.75, 3.05) is 7.05 Å². The molecule has 1 aromatic carbocycles. The van der Waals surface area contributed by atoms with Crippen LogP contribution in [0.1, 0.15) is 5.56 Å². The molecule has 0 spiro atoms. The maximum atomic E-state index is 12.6. The highest BCUT2D eigenvalue weighted by atomic mass is 79.9. The summed E-state index contributed by atoms with van der Waals surface area (Å²) in [5.41, 5.74) is 0.229. The first-order valence-electron chi connectivity index (χ1n) is 6.09. The molecule has 0 amide bonds. The predicted octanol–water partition coefficient (Wildman–Crippen LogP) is 1.91. The fourth-order valence-corrected chi connectivity index (χ4v) is 3.76. The number of halogens is 1. The number of rotatable bonds is 5. The highest BCUT2D eigenvalue weighted by molar-refractivity contribution is 9.10. The maximum absolute atomic E-state index is 12.6. The molecule has 1 heterocycles. The molecule has 0 aliphatic rings. The van der Waals surface area contributed by atoms with Crippen LogP contribution in [0, 0.1) is 10.1 Å². The second-order valence-corrected chi connectivity index (χ2v) is 7.58. The fraction of sp³-hybridized carbons (Fsp3) is 0.250. The van der Waals surface area contributed by atoms with Crippen molar-refractivity contribution < 1.29 is 13.3 Å². The van der Waals surface area contributed by atoms with Crippen LogP contribution < -0.4 is 0 Å². The lowest BCUT2D eigenvalue weighted by Gasteiger charge is -2.16. The normalized spacial score (nSPS) is 11.8. The largest absolute Gasteiger partial charge is 0.289 e. The van der Waals surface area contributed by atoms with Gasteiger partial charge in [-0.05, 0) is 12.1 Å². The molecule has 0 N–H and O–H groups in total. The van der Waals surface area contributed by atoms with Gasteiger partial charge in [0.1, 0.15) is 0 Å². The smallest absolute Gasteiger partial charge is 0.275 e. The van der Waals surface area contributed by atoms with E-state index in [0.29, 0.717) is 10.0 Å². The molecule has 0 unspecified atom stereocenters. The third-order valence-electron chi connectivity index (χ3n) is 2.97. The second kappa shape index (κ2) is 6.15. The molecule has 0 aliphatic heterocycles. The van der Waals surface area contributed by atoms with Gasteiger partial charge >= 0.3 is 0 Å². The number of aromatic nitrogens is 2. The average Bonchev–Trinajstić information content (AvgIpc) is 2.83. The van der Waals surface area contributed by atoms with Gasteiger partial charge in [0, 0.05) is 42.9 Å². The van der Waals surface area contributed by atoms with E-state index in [4.69, 9.17) is 0 Å². The number of nitro benzene ring substituents is 1. The van der Waals surface area contributed by atoms with Crippen LogP contribution in [0.2, 0.25) is 0 Å². The molecule has 2 aromatic rings. The first kappa shape index (κ1) is 16.6. The third-order valence-corrected chi connectivity index (χ3v) is 5.30. The second-order valence-electron chi connectivity index (χ2n) is 4.65. The number of hydrogen-bond donors (Lipinski definition) is 0. The molecular weight excluding hydrogens is 376 g/mol. The summed E-state index contributed by atoms with van der Waals surface area (Å²) in [6, 6.07) is 3.82. The van der Waals surface area contributed by atoms with E-state index in [9.17, 15) is 18.5 Å². The number of nitro groups is 1. The summed E-state index contributed by atoms with van der Waals surface area (Å²) < 4.78 is 28.2. The molecule has 118 valence electrons. The standard InChI is InChI=1S/C12H13BrN4O4S/c1-15-7-9(6-14-15)8-16(2)22(20,21)12-5-10(13)3-4-11(12)17(18)19/h3-7H,8H2,1-2H3. The van der Waals surface area contributed by atoms with Crippen LogP contribution in [-0.2, 0) is 23.6 Å². The highest BCUT2D eigenvalue weighted by Gasteiger charge is 2.30. The number of nitrogens with zero attached hydrogens (tertiary/aromatic N) is 4. The number of benzene rings is 1. The zero-order valence-electron chi connectivity index (χ0n) is 11.8. The van der Waals surface area contributed by atoms with Crippen LogP contribution in [0.25, 0.3) is 0 Å². The van der Waals surface area contributed by atoms with Crippen molar-refractivity contribution in [1.82, 2.24) is 14.1 Å². The summed E-state index contributed by atoms with van der Waals surface area (Å²) in [7, 11) is -0.914. The van der Waals surface area contributed by atoms with Crippen LogP contribution in [0.15, 0.2) is 40.0 Å². The van der Waals surface area contributed by atoms with E-state index in [1.165, 1.54) is 19.2 Å². The molecule has 22 heavy (non-hydrogen) atoms. The van der Waals surface area contributed by atoms with E-state index in [0.717, 1.165) is 10.4 Å². The topological polar surface area (TPSA) is 98.3 Å². The zero-order valence-corrected chi connectivity index (χ0v) is 14.2. The SMILES string of the molecule is CN(Cc1cnn(C)c1)S(=O)(=O)c1cc(Br)ccc1[N+](=O)[O-]. The Morgan fingerprint density at radius 3 is 2.68 bits per heavy atom. The summed E-state index contributed by atoms with van der Waals surface area (Å²) >= 11 is 3.14. The Bertz CT molecular complexity index is 818. The monoisotopic (exact) mass is 388 g/mol. The van der Waals surface area contributed by atoms with Crippen LogP contribution in [0.5, 0.6) is 0 Å². The molecule has 0 fully saturated rings. The van der Waals surface area contributed by atoms with Crippen LogP contribution in [0.4, 0.5) is 5.69 Å². The lowest BCUT2D eigenvalue weighted by molar-refractivity contribution is -0.387. The molecule has 0 aliphatic carbocycles. The molecule has 8 nitrogen and oxygen atoms in total. The van der Waals surface area contributed by atoms with Gasteiger partial charge in [-0.15, -0.1) is 0 Å². The molecule has 0 atom stereocenters. The summed E-state index contributed by atoms with van der Waals surface area (Å²) in [4.78, 5) is 10.00. The van der Waals surface area contributed by atoms with Gasteiger partial charge in [0.15, 0.2) is 4.90 Å². The average molecular weight is 389 g/mol. The van der Waals surface area contributed by atoms with Gasteiger partial charge in [0.25, 0.3) is 5.69 Å². The van der Waals surface area contributed by atoms with Gasteiger partial charge in [-0.25, -0.2) is 8.42 Å². The van der Waals surface area contributed by atoms with E-state index < -0.39 is 20.6 Å². The van der Waals surface area contributed by atoms with Crippen molar-refractivity contribution >= 4 is 31.6 Å². The molecule has 0 saturated heterocycles. The van der Waals surface area contributed by atoms with E-state index >= 15 is 0 Å². The molecule has 1 aromatic heterocycles. The van der Waals surface area contributed by atoms with Crippen molar-refractivity contribution in [1.29, 1.82) is 0 Å². The van der Waals surface area contributed by atoms with Gasteiger partial charge in [0.2, 0.25) is 10.0 Å². The van der Waals surface area contributed by atoms with Crippen molar-refractivity contribution in [3.63, 3.8) is 0 Å². The van der Waals surface area contributed by atoms with E-state index in [1.54, 1.807) is 24.1 Å². The molecule has 0 radical (unpaired) electrons. The number of aryl methyl sites for hydroxylation is 1.